The summed E-state index contributed by atoms with van der Waals surface area (Å²) in [5.41, 5.74) is -0.695. The van der Waals surface area contributed by atoms with Gasteiger partial charge in [-0.2, -0.15) is 5.26 Å². The second kappa shape index (κ2) is 6.16. The van der Waals surface area contributed by atoms with Crippen molar-refractivity contribution < 1.29 is 4.79 Å². The number of amides is 1. The van der Waals surface area contributed by atoms with Gasteiger partial charge in [-0.15, -0.1) is 0 Å². The van der Waals surface area contributed by atoms with Crippen molar-refractivity contribution in [3.05, 3.63) is 0 Å². The number of nitrogens with zero attached hydrogens (tertiary/aromatic N) is 2. The zero-order valence-corrected chi connectivity index (χ0v) is 13.2. The van der Waals surface area contributed by atoms with Crippen molar-refractivity contribution in [1.82, 2.24) is 4.90 Å². The third-order valence-electron chi connectivity index (χ3n) is 4.99. The molecule has 0 radical (unpaired) electrons. The summed E-state index contributed by atoms with van der Waals surface area (Å²) in [7, 11) is 0. The van der Waals surface area contributed by atoms with Crippen LogP contribution >= 0.6 is 0 Å². The molecule has 2 aliphatic rings. The Morgan fingerprint density at radius 2 is 1.95 bits per heavy atom. The van der Waals surface area contributed by atoms with Crippen molar-refractivity contribution in [3.63, 3.8) is 0 Å². The largest absolute Gasteiger partial charge is 0.338 e. The Balaban J connectivity index is 2.09. The molecule has 2 fully saturated rings. The first-order chi connectivity index (χ1) is 9.48. The molecule has 0 aromatic heterocycles. The summed E-state index contributed by atoms with van der Waals surface area (Å²) in [4.78, 5) is 15.0. The maximum absolute atomic E-state index is 12.9. The minimum absolute atomic E-state index is 0.130. The van der Waals surface area contributed by atoms with Gasteiger partial charge in [-0.25, -0.2) is 0 Å². The Bertz CT molecular complexity index is 384. The number of hydrogen-bond donors (Lipinski definition) is 0. The molecule has 3 heteroatoms. The highest BCUT2D eigenvalue weighted by Gasteiger charge is 2.51. The van der Waals surface area contributed by atoms with Crippen LogP contribution in [0.3, 0.4) is 0 Å². The lowest BCUT2D eigenvalue weighted by atomic mass is 9.62. The van der Waals surface area contributed by atoms with Crippen LogP contribution in [0.2, 0.25) is 0 Å². The molecule has 2 saturated carbocycles. The van der Waals surface area contributed by atoms with Crippen molar-refractivity contribution in [1.29, 1.82) is 5.26 Å². The first-order valence-corrected chi connectivity index (χ1v) is 8.21. The summed E-state index contributed by atoms with van der Waals surface area (Å²) in [6.07, 6.45) is 7.26. The lowest BCUT2D eigenvalue weighted by molar-refractivity contribution is -0.148. The predicted molar refractivity (Wildman–Crippen MR) is 79.9 cm³/mol. The molecule has 2 rings (SSSR count). The van der Waals surface area contributed by atoms with Crippen LogP contribution in [0.5, 0.6) is 0 Å². The van der Waals surface area contributed by atoms with Gasteiger partial charge in [0.1, 0.15) is 5.41 Å². The van der Waals surface area contributed by atoms with Crippen molar-refractivity contribution in [2.75, 3.05) is 6.54 Å². The zero-order valence-electron chi connectivity index (χ0n) is 13.2. The maximum atomic E-state index is 12.9. The van der Waals surface area contributed by atoms with Gasteiger partial charge in [0.2, 0.25) is 5.91 Å². The van der Waals surface area contributed by atoms with Gasteiger partial charge in [-0.1, -0.05) is 33.6 Å². The highest BCUT2D eigenvalue weighted by molar-refractivity contribution is 5.87. The average molecular weight is 276 g/mol. The van der Waals surface area contributed by atoms with Crippen LogP contribution in [-0.4, -0.2) is 23.4 Å². The SMILES string of the molecule is CC(C)CCN(C(=O)C1(C#N)CC(C)C1)C1CCCC1. The fourth-order valence-electron chi connectivity index (χ4n) is 3.78. The molecule has 0 aromatic carbocycles. The Morgan fingerprint density at radius 3 is 2.40 bits per heavy atom. The molecule has 0 N–H and O–H groups in total. The van der Waals surface area contributed by atoms with Crippen molar-refractivity contribution >= 4 is 5.91 Å². The molecule has 0 atom stereocenters. The zero-order chi connectivity index (χ0) is 14.8. The third kappa shape index (κ3) is 3.00. The molecule has 0 bridgehead atoms. The monoisotopic (exact) mass is 276 g/mol. The normalized spacial score (nSPS) is 30.1. The van der Waals surface area contributed by atoms with E-state index in [0.717, 1.165) is 38.6 Å². The van der Waals surface area contributed by atoms with E-state index in [1.54, 1.807) is 0 Å². The van der Waals surface area contributed by atoms with Gasteiger partial charge in [0.25, 0.3) is 0 Å². The summed E-state index contributed by atoms with van der Waals surface area (Å²) in [6.45, 7) is 7.36. The van der Waals surface area contributed by atoms with Gasteiger partial charge in [-0.3, -0.25) is 4.79 Å². The topological polar surface area (TPSA) is 44.1 Å². The number of hydrogen-bond acceptors (Lipinski definition) is 2. The van der Waals surface area contributed by atoms with E-state index in [1.807, 2.05) is 0 Å². The fourth-order valence-corrected chi connectivity index (χ4v) is 3.78. The van der Waals surface area contributed by atoms with E-state index in [-0.39, 0.29) is 5.91 Å². The minimum atomic E-state index is -0.695. The predicted octanol–water partition coefficient (Wildman–Crippen LogP) is 3.74. The lowest BCUT2D eigenvalue weighted by Gasteiger charge is -2.44. The number of carbonyl (C=O) groups excluding carboxylic acids is 1. The molecule has 0 heterocycles. The summed E-state index contributed by atoms with van der Waals surface area (Å²) in [5, 5.41) is 9.50. The molecule has 20 heavy (non-hydrogen) atoms. The molecule has 0 aromatic rings. The Labute approximate surface area is 123 Å². The maximum Gasteiger partial charge on any atom is 0.243 e. The third-order valence-corrected chi connectivity index (χ3v) is 4.99. The summed E-state index contributed by atoms with van der Waals surface area (Å²) in [5.74, 6) is 1.25. The average Bonchev–Trinajstić information content (AvgIpc) is 2.88. The standard InChI is InChI=1S/C17H28N2O/c1-13(2)8-9-19(15-6-4-5-7-15)16(20)17(12-18)10-14(3)11-17/h13-15H,4-11H2,1-3H3. The highest BCUT2D eigenvalue weighted by Crippen LogP contribution is 2.47. The number of rotatable bonds is 5. The molecule has 112 valence electrons. The van der Waals surface area contributed by atoms with Crippen LogP contribution in [0, 0.1) is 28.6 Å². The number of carbonyl (C=O) groups is 1. The molecule has 0 unspecified atom stereocenters. The summed E-state index contributed by atoms with van der Waals surface area (Å²) in [6, 6.07) is 2.74. The number of nitriles is 1. The van der Waals surface area contributed by atoms with E-state index in [2.05, 4.69) is 31.7 Å². The highest BCUT2D eigenvalue weighted by atomic mass is 16.2. The molecular formula is C17H28N2O. The summed E-state index contributed by atoms with van der Waals surface area (Å²) < 4.78 is 0. The van der Waals surface area contributed by atoms with Gasteiger partial charge in [0, 0.05) is 12.6 Å². The molecule has 0 spiro atoms. The molecular weight excluding hydrogens is 248 g/mol. The summed E-state index contributed by atoms with van der Waals surface area (Å²) >= 11 is 0. The van der Waals surface area contributed by atoms with Crippen LogP contribution in [0.25, 0.3) is 0 Å². The molecule has 0 aliphatic heterocycles. The quantitative estimate of drug-likeness (QED) is 0.767. The van der Waals surface area contributed by atoms with E-state index in [4.69, 9.17) is 0 Å². The molecule has 0 saturated heterocycles. The Hall–Kier alpha value is -1.04. The van der Waals surface area contributed by atoms with E-state index < -0.39 is 5.41 Å². The van der Waals surface area contributed by atoms with Gasteiger partial charge in [-0.05, 0) is 43.9 Å². The van der Waals surface area contributed by atoms with E-state index in [9.17, 15) is 10.1 Å². The van der Waals surface area contributed by atoms with E-state index in [0.29, 0.717) is 17.9 Å². The van der Waals surface area contributed by atoms with Crippen molar-refractivity contribution in [2.24, 2.45) is 17.3 Å². The molecule has 1 amide bonds. The van der Waals surface area contributed by atoms with Crippen LogP contribution < -0.4 is 0 Å². The Kier molecular flexibility index (Phi) is 4.73. The molecule has 2 aliphatic carbocycles. The smallest absolute Gasteiger partial charge is 0.243 e. The second-order valence-corrected chi connectivity index (χ2v) is 7.33. The molecule has 3 nitrogen and oxygen atoms in total. The first-order valence-electron chi connectivity index (χ1n) is 8.21. The van der Waals surface area contributed by atoms with Crippen LogP contribution in [0.4, 0.5) is 0 Å². The van der Waals surface area contributed by atoms with Gasteiger partial charge in [0.05, 0.1) is 6.07 Å². The van der Waals surface area contributed by atoms with E-state index >= 15 is 0 Å². The first kappa shape index (κ1) is 15.4. The fraction of sp³-hybridized carbons (Fsp3) is 0.882. The van der Waals surface area contributed by atoms with Gasteiger partial charge < -0.3 is 4.90 Å². The van der Waals surface area contributed by atoms with Crippen molar-refractivity contribution in [3.8, 4) is 6.07 Å². The van der Waals surface area contributed by atoms with Gasteiger partial charge >= 0.3 is 0 Å². The second-order valence-electron chi connectivity index (χ2n) is 7.33. The van der Waals surface area contributed by atoms with Gasteiger partial charge in [0.15, 0.2) is 0 Å². The van der Waals surface area contributed by atoms with Crippen LogP contribution in [0.15, 0.2) is 0 Å². The van der Waals surface area contributed by atoms with Crippen LogP contribution in [0.1, 0.15) is 65.7 Å². The minimum Gasteiger partial charge on any atom is -0.338 e. The van der Waals surface area contributed by atoms with Crippen molar-refractivity contribution in [2.45, 2.75) is 71.8 Å². The lowest BCUT2D eigenvalue weighted by Crippen LogP contribution is -2.53. The van der Waals surface area contributed by atoms with Crippen LogP contribution in [-0.2, 0) is 4.79 Å². The Morgan fingerprint density at radius 1 is 1.35 bits per heavy atom. The van der Waals surface area contributed by atoms with E-state index in [1.165, 1.54) is 12.8 Å².